The van der Waals surface area contributed by atoms with E-state index in [2.05, 4.69) is 4.90 Å². The Bertz CT molecular complexity index is 431. The van der Waals surface area contributed by atoms with E-state index in [4.69, 9.17) is 10.0 Å². The van der Waals surface area contributed by atoms with Crippen molar-refractivity contribution in [2.45, 2.75) is 13.0 Å². The average molecular weight is 235 g/mol. The fraction of sp³-hybridized carbons (Fsp3) is 0.500. The lowest BCUT2D eigenvalue weighted by Gasteiger charge is -2.17. The van der Waals surface area contributed by atoms with Gasteiger partial charge in [0.25, 0.3) is 0 Å². The van der Waals surface area contributed by atoms with Crippen LogP contribution in [0, 0.1) is 17.7 Å². The Hall–Kier alpha value is -0.905. The number of hydrogen-bond acceptors (Lipinski definition) is 3. The number of halogens is 1. The predicted octanol–water partition coefficient (Wildman–Crippen LogP) is -0.0428. The Balaban J connectivity index is 1.72. The van der Waals surface area contributed by atoms with Crippen LogP contribution in [0.2, 0.25) is 0 Å². The summed E-state index contributed by atoms with van der Waals surface area (Å²) >= 11 is 0. The number of piperidine rings is 1. The third-order valence-corrected chi connectivity index (χ3v) is 3.80. The van der Waals surface area contributed by atoms with E-state index in [0.717, 1.165) is 37.0 Å². The van der Waals surface area contributed by atoms with E-state index in [1.165, 1.54) is 12.5 Å². The van der Waals surface area contributed by atoms with Gasteiger partial charge in [0.1, 0.15) is 5.82 Å². The SMILES string of the molecule is OB(O)c1cc(CN2CC3CC3C2)ccc1F. The third-order valence-electron chi connectivity index (χ3n) is 3.80. The summed E-state index contributed by atoms with van der Waals surface area (Å²) < 4.78 is 13.3. The minimum Gasteiger partial charge on any atom is -0.423 e. The lowest BCUT2D eigenvalue weighted by Crippen LogP contribution is -2.33. The quantitative estimate of drug-likeness (QED) is 0.722. The van der Waals surface area contributed by atoms with Gasteiger partial charge in [0.05, 0.1) is 0 Å². The maximum Gasteiger partial charge on any atom is 0.491 e. The molecule has 1 heterocycles. The predicted molar refractivity (Wildman–Crippen MR) is 63.1 cm³/mol. The Morgan fingerprint density at radius 2 is 2.00 bits per heavy atom. The van der Waals surface area contributed by atoms with Crippen molar-refractivity contribution in [2.24, 2.45) is 11.8 Å². The van der Waals surface area contributed by atoms with Crippen LogP contribution in [0.1, 0.15) is 12.0 Å². The lowest BCUT2D eigenvalue weighted by molar-refractivity contribution is 0.297. The molecular weight excluding hydrogens is 220 g/mol. The average Bonchev–Trinajstić information content (AvgIpc) is 2.89. The summed E-state index contributed by atoms with van der Waals surface area (Å²) in [6.45, 7) is 3.02. The van der Waals surface area contributed by atoms with Crippen molar-refractivity contribution in [1.82, 2.24) is 4.90 Å². The zero-order chi connectivity index (χ0) is 12.0. The largest absolute Gasteiger partial charge is 0.491 e. The van der Waals surface area contributed by atoms with Crippen molar-refractivity contribution >= 4 is 12.6 Å². The molecule has 0 radical (unpaired) electrons. The van der Waals surface area contributed by atoms with Crippen molar-refractivity contribution in [2.75, 3.05) is 13.1 Å². The molecule has 3 nitrogen and oxygen atoms in total. The van der Waals surface area contributed by atoms with E-state index < -0.39 is 12.9 Å². The minimum absolute atomic E-state index is 0.0353. The van der Waals surface area contributed by atoms with Gasteiger partial charge in [-0.2, -0.15) is 0 Å². The van der Waals surface area contributed by atoms with Crippen LogP contribution in [-0.4, -0.2) is 35.2 Å². The lowest BCUT2D eigenvalue weighted by atomic mass is 9.79. The topological polar surface area (TPSA) is 43.7 Å². The number of hydrogen-bond donors (Lipinski definition) is 2. The number of benzene rings is 1. The van der Waals surface area contributed by atoms with Gasteiger partial charge in [0.2, 0.25) is 0 Å². The Labute approximate surface area is 100 Å². The van der Waals surface area contributed by atoms with Gasteiger partial charge in [0.15, 0.2) is 0 Å². The monoisotopic (exact) mass is 235 g/mol. The summed E-state index contributed by atoms with van der Waals surface area (Å²) in [5, 5.41) is 18.1. The highest BCUT2D eigenvalue weighted by atomic mass is 19.1. The van der Waals surface area contributed by atoms with Gasteiger partial charge in [-0.25, -0.2) is 4.39 Å². The van der Waals surface area contributed by atoms with Crippen LogP contribution in [0.25, 0.3) is 0 Å². The summed E-state index contributed by atoms with van der Waals surface area (Å²) in [6.07, 6.45) is 1.36. The molecule has 1 saturated carbocycles. The second kappa shape index (κ2) is 4.08. The molecule has 3 rings (SSSR count). The second-order valence-corrected chi connectivity index (χ2v) is 5.18. The highest BCUT2D eigenvalue weighted by Crippen LogP contribution is 2.45. The number of nitrogens with zero attached hydrogens (tertiary/aromatic N) is 1. The summed E-state index contributed by atoms with van der Waals surface area (Å²) in [5.74, 6) is 1.18. The molecule has 17 heavy (non-hydrogen) atoms. The molecule has 0 aromatic heterocycles. The van der Waals surface area contributed by atoms with Crippen molar-refractivity contribution in [3.05, 3.63) is 29.6 Å². The molecule has 0 spiro atoms. The zero-order valence-electron chi connectivity index (χ0n) is 9.51. The number of fused-ring (bicyclic) bond motifs is 1. The third kappa shape index (κ3) is 2.23. The highest BCUT2D eigenvalue weighted by molar-refractivity contribution is 6.58. The first kappa shape index (κ1) is 11.2. The number of likely N-dealkylation sites (tertiary alicyclic amines) is 1. The molecule has 1 aromatic rings. The standard InChI is InChI=1S/C12H15BFNO2/c14-12-2-1-8(3-11(12)13(16)17)5-15-6-9-4-10(9)7-15/h1-3,9-10,16-17H,4-7H2. The first-order valence-corrected chi connectivity index (χ1v) is 6.00. The number of rotatable bonds is 3. The van der Waals surface area contributed by atoms with Crippen molar-refractivity contribution in [3.63, 3.8) is 0 Å². The van der Waals surface area contributed by atoms with Gasteiger partial charge < -0.3 is 10.0 Å². The van der Waals surface area contributed by atoms with Crippen LogP contribution in [0.15, 0.2) is 18.2 Å². The van der Waals surface area contributed by atoms with E-state index in [-0.39, 0.29) is 5.46 Å². The maximum absolute atomic E-state index is 13.3. The van der Waals surface area contributed by atoms with Crippen LogP contribution in [-0.2, 0) is 6.54 Å². The molecule has 2 N–H and O–H groups in total. The summed E-state index contributed by atoms with van der Waals surface area (Å²) in [5.41, 5.74) is 0.905. The summed E-state index contributed by atoms with van der Waals surface area (Å²) in [7, 11) is -1.73. The molecule has 2 unspecified atom stereocenters. The van der Waals surface area contributed by atoms with Crippen LogP contribution >= 0.6 is 0 Å². The molecular formula is C12H15BFNO2. The summed E-state index contributed by atoms with van der Waals surface area (Å²) in [4.78, 5) is 2.35. The zero-order valence-corrected chi connectivity index (χ0v) is 9.51. The normalized spacial score (nSPS) is 27.0. The van der Waals surface area contributed by atoms with E-state index in [1.54, 1.807) is 12.1 Å². The Morgan fingerprint density at radius 1 is 1.29 bits per heavy atom. The van der Waals surface area contributed by atoms with Gasteiger partial charge in [-0.15, -0.1) is 0 Å². The van der Waals surface area contributed by atoms with E-state index in [1.807, 2.05) is 0 Å². The second-order valence-electron chi connectivity index (χ2n) is 5.18. The molecule has 2 atom stereocenters. The molecule has 0 amide bonds. The highest BCUT2D eigenvalue weighted by Gasteiger charge is 2.44. The maximum atomic E-state index is 13.3. The van der Waals surface area contributed by atoms with E-state index >= 15 is 0 Å². The van der Waals surface area contributed by atoms with Gasteiger partial charge in [-0.3, -0.25) is 4.90 Å². The van der Waals surface area contributed by atoms with Crippen LogP contribution in [0.5, 0.6) is 0 Å². The van der Waals surface area contributed by atoms with Crippen molar-refractivity contribution in [1.29, 1.82) is 0 Å². The van der Waals surface area contributed by atoms with Gasteiger partial charge in [0, 0.05) is 25.1 Å². The van der Waals surface area contributed by atoms with Gasteiger partial charge >= 0.3 is 7.12 Å². The molecule has 1 aliphatic carbocycles. The summed E-state index contributed by atoms with van der Waals surface area (Å²) in [6, 6.07) is 4.57. The van der Waals surface area contributed by atoms with Crippen LogP contribution in [0.3, 0.4) is 0 Å². The molecule has 1 aromatic carbocycles. The molecule has 2 fully saturated rings. The first-order valence-electron chi connectivity index (χ1n) is 6.00. The Morgan fingerprint density at radius 3 is 2.65 bits per heavy atom. The molecule has 1 saturated heterocycles. The molecule has 90 valence electrons. The van der Waals surface area contributed by atoms with Gasteiger partial charge in [-0.05, 0) is 29.9 Å². The minimum atomic E-state index is -1.73. The van der Waals surface area contributed by atoms with Crippen molar-refractivity contribution < 1.29 is 14.4 Å². The fourth-order valence-corrected chi connectivity index (χ4v) is 2.77. The molecule has 0 bridgehead atoms. The molecule has 2 aliphatic rings. The Kier molecular flexibility index (Phi) is 2.69. The van der Waals surface area contributed by atoms with Gasteiger partial charge in [-0.1, -0.05) is 12.1 Å². The van der Waals surface area contributed by atoms with E-state index in [0.29, 0.717) is 0 Å². The molecule has 5 heteroatoms. The molecule has 1 aliphatic heterocycles. The van der Waals surface area contributed by atoms with Crippen LogP contribution in [0.4, 0.5) is 4.39 Å². The van der Waals surface area contributed by atoms with Crippen molar-refractivity contribution in [3.8, 4) is 0 Å². The smallest absolute Gasteiger partial charge is 0.423 e. The fourth-order valence-electron chi connectivity index (χ4n) is 2.77. The van der Waals surface area contributed by atoms with E-state index in [9.17, 15) is 4.39 Å². The first-order chi connectivity index (χ1) is 8.13. The van der Waals surface area contributed by atoms with Crippen LogP contribution < -0.4 is 5.46 Å².